The number of rotatable bonds is 13. The number of aliphatic carboxylic acids is 1. The Morgan fingerprint density at radius 2 is 1.50 bits per heavy atom. The van der Waals surface area contributed by atoms with E-state index in [1.54, 1.807) is 6.21 Å². The molecule has 1 aliphatic carbocycles. The third-order valence-corrected chi connectivity index (χ3v) is 6.87. The molecule has 0 saturated heterocycles. The molecule has 2 aromatic rings. The maximum Gasteiger partial charge on any atom is 0.303 e. The molecule has 3 rings (SSSR count). The van der Waals surface area contributed by atoms with Gasteiger partial charge in [0.25, 0.3) is 0 Å². The van der Waals surface area contributed by atoms with Crippen LogP contribution < -0.4 is 0 Å². The maximum absolute atomic E-state index is 10.6. The van der Waals surface area contributed by atoms with Crippen LogP contribution in [0.25, 0.3) is 11.1 Å². The SMILES string of the molecule is O=C(O)CCCCCC[C@@H]1[C@@H](CCC(O)C=Nc2ccc(-c3ccccc3)cc2)[C@H](O)C[C@@H]1O. The number of aliphatic imine (C=N–C) groups is 1. The van der Waals surface area contributed by atoms with Crippen LogP contribution in [0.1, 0.15) is 57.8 Å². The summed E-state index contributed by atoms with van der Waals surface area (Å²) < 4.78 is 0. The van der Waals surface area contributed by atoms with E-state index in [-0.39, 0.29) is 18.3 Å². The lowest BCUT2D eigenvalue weighted by molar-refractivity contribution is -0.137. The summed E-state index contributed by atoms with van der Waals surface area (Å²) in [5, 5.41) is 40.0. The van der Waals surface area contributed by atoms with Gasteiger partial charge in [0.15, 0.2) is 0 Å². The largest absolute Gasteiger partial charge is 0.481 e. The van der Waals surface area contributed by atoms with Crippen molar-refractivity contribution in [2.45, 2.75) is 76.1 Å². The van der Waals surface area contributed by atoms with Crippen molar-refractivity contribution in [3.8, 4) is 11.1 Å². The topological polar surface area (TPSA) is 110 Å². The van der Waals surface area contributed by atoms with Crippen LogP contribution in [-0.4, -0.2) is 50.9 Å². The zero-order chi connectivity index (χ0) is 24.3. The Labute approximate surface area is 202 Å². The number of carbonyl (C=O) groups is 1. The first-order valence-corrected chi connectivity index (χ1v) is 12.4. The third kappa shape index (κ3) is 8.05. The highest BCUT2D eigenvalue weighted by molar-refractivity contribution is 5.70. The molecule has 6 heteroatoms. The minimum Gasteiger partial charge on any atom is -0.481 e. The van der Waals surface area contributed by atoms with Crippen LogP contribution in [0.5, 0.6) is 0 Å². The summed E-state index contributed by atoms with van der Waals surface area (Å²) in [5.74, 6) is -0.785. The fraction of sp³-hybridized carbons (Fsp3) is 0.500. The van der Waals surface area contributed by atoms with E-state index < -0.39 is 24.3 Å². The van der Waals surface area contributed by atoms with Crippen molar-refractivity contribution in [2.75, 3.05) is 0 Å². The zero-order valence-electron chi connectivity index (χ0n) is 19.7. The molecule has 6 nitrogen and oxygen atoms in total. The lowest BCUT2D eigenvalue weighted by Gasteiger charge is -2.24. The monoisotopic (exact) mass is 467 g/mol. The second-order valence-electron chi connectivity index (χ2n) is 9.38. The van der Waals surface area contributed by atoms with Gasteiger partial charge < -0.3 is 20.4 Å². The van der Waals surface area contributed by atoms with E-state index in [0.29, 0.717) is 25.7 Å². The molecule has 0 heterocycles. The molecule has 0 aliphatic heterocycles. The Balaban J connectivity index is 1.44. The van der Waals surface area contributed by atoms with Gasteiger partial charge in [-0.3, -0.25) is 9.79 Å². The normalized spacial score (nSPS) is 23.4. The number of unbranched alkanes of at least 4 members (excludes halogenated alkanes) is 3. The molecule has 1 fully saturated rings. The average Bonchev–Trinajstić information content (AvgIpc) is 3.11. The Kier molecular flexibility index (Phi) is 10.3. The molecular formula is C28H37NO5. The number of carboxylic acid groups (broad SMARTS) is 1. The summed E-state index contributed by atoms with van der Waals surface area (Å²) in [6.07, 6.45) is 5.64. The minimum absolute atomic E-state index is 0.0177. The number of benzene rings is 2. The van der Waals surface area contributed by atoms with E-state index in [1.807, 2.05) is 42.5 Å². The van der Waals surface area contributed by atoms with Crippen LogP contribution in [-0.2, 0) is 4.79 Å². The Bertz CT molecular complexity index is 899. The highest BCUT2D eigenvalue weighted by Gasteiger charge is 2.40. The van der Waals surface area contributed by atoms with E-state index in [4.69, 9.17) is 5.11 Å². The highest BCUT2D eigenvalue weighted by atomic mass is 16.4. The van der Waals surface area contributed by atoms with Crippen molar-refractivity contribution in [1.82, 2.24) is 0 Å². The zero-order valence-corrected chi connectivity index (χ0v) is 19.7. The van der Waals surface area contributed by atoms with Gasteiger partial charge in [0.2, 0.25) is 0 Å². The van der Waals surface area contributed by atoms with Crippen LogP contribution in [0, 0.1) is 11.8 Å². The molecule has 0 amide bonds. The summed E-state index contributed by atoms with van der Waals surface area (Å²) in [6, 6.07) is 18.0. The van der Waals surface area contributed by atoms with Gasteiger partial charge in [-0.05, 0) is 67.2 Å². The lowest BCUT2D eigenvalue weighted by Crippen LogP contribution is -2.24. The van der Waals surface area contributed by atoms with Gasteiger partial charge in [-0.2, -0.15) is 0 Å². The van der Waals surface area contributed by atoms with Crippen LogP contribution >= 0.6 is 0 Å². The molecule has 1 saturated carbocycles. The highest BCUT2D eigenvalue weighted by Crippen LogP contribution is 2.39. The van der Waals surface area contributed by atoms with E-state index in [1.165, 1.54) is 0 Å². The Hall–Kier alpha value is -2.54. The summed E-state index contributed by atoms with van der Waals surface area (Å²) in [6.45, 7) is 0. The first-order valence-electron chi connectivity index (χ1n) is 12.4. The van der Waals surface area contributed by atoms with Crippen molar-refractivity contribution in [3.63, 3.8) is 0 Å². The standard InChI is InChI=1S/C28H37NO5/c30-23(19-29-22-14-12-21(13-15-22)20-8-4-3-5-9-20)16-17-25-24(26(31)18-27(25)32)10-6-1-2-7-11-28(33)34/h3-5,8-9,12-15,19,23-27,30-32H,1-2,6-7,10-11,16-18H2,(H,33,34)/t23?,24-,25-,26+,27-/m1/s1. The number of aliphatic hydroxyl groups excluding tert-OH is 3. The summed E-state index contributed by atoms with van der Waals surface area (Å²) in [5.41, 5.74) is 3.03. The van der Waals surface area contributed by atoms with Crippen LogP contribution in [0.15, 0.2) is 59.6 Å². The molecule has 34 heavy (non-hydrogen) atoms. The third-order valence-electron chi connectivity index (χ3n) is 6.87. The molecular weight excluding hydrogens is 430 g/mol. The number of hydrogen-bond acceptors (Lipinski definition) is 5. The van der Waals surface area contributed by atoms with Gasteiger partial charge in [0, 0.05) is 12.6 Å². The predicted octanol–water partition coefficient (Wildman–Crippen LogP) is 4.98. The van der Waals surface area contributed by atoms with E-state index in [0.717, 1.165) is 42.5 Å². The fourth-order valence-electron chi connectivity index (χ4n) is 4.97. The molecule has 2 aromatic carbocycles. The minimum atomic E-state index is -0.763. The molecule has 0 aromatic heterocycles. The van der Waals surface area contributed by atoms with Crippen LogP contribution in [0.2, 0.25) is 0 Å². The molecule has 1 aliphatic rings. The van der Waals surface area contributed by atoms with Gasteiger partial charge in [-0.15, -0.1) is 0 Å². The quantitative estimate of drug-likeness (QED) is 0.245. The second-order valence-corrected chi connectivity index (χ2v) is 9.38. The van der Waals surface area contributed by atoms with Crippen molar-refractivity contribution in [3.05, 3.63) is 54.6 Å². The van der Waals surface area contributed by atoms with Crippen molar-refractivity contribution >= 4 is 17.9 Å². The molecule has 4 N–H and O–H groups in total. The first kappa shape index (κ1) is 26.1. The van der Waals surface area contributed by atoms with Gasteiger partial charge in [0.05, 0.1) is 24.0 Å². The van der Waals surface area contributed by atoms with Gasteiger partial charge in [0.1, 0.15) is 0 Å². The smallest absolute Gasteiger partial charge is 0.303 e. The first-order chi connectivity index (χ1) is 16.4. The van der Waals surface area contributed by atoms with Crippen molar-refractivity contribution < 1.29 is 25.2 Å². The number of nitrogens with zero attached hydrogens (tertiary/aromatic N) is 1. The van der Waals surface area contributed by atoms with Crippen molar-refractivity contribution in [2.24, 2.45) is 16.8 Å². The van der Waals surface area contributed by atoms with Gasteiger partial charge >= 0.3 is 5.97 Å². The predicted molar refractivity (Wildman–Crippen MR) is 134 cm³/mol. The summed E-state index contributed by atoms with van der Waals surface area (Å²) in [7, 11) is 0. The van der Waals surface area contributed by atoms with Gasteiger partial charge in [-0.25, -0.2) is 0 Å². The average molecular weight is 468 g/mol. The van der Waals surface area contributed by atoms with Crippen LogP contribution in [0.4, 0.5) is 5.69 Å². The number of hydrogen-bond donors (Lipinski definition) is 4. The van der Waals surface area contributed by atoms with E-state index >= 15 is 0 Å². The molecule has 184 valence electrons. The molecule has 0 radical (unpaired) electrons. The van der Waals surface area contributed by atoms with Crippen LogP contribution in [0.3, 0.4) is 0 Å². The molecule has 5 atom stereocenters. The summed E-state index contributed by atoms with van der Waals surface area (Å²) in [4.78, 5) is 15.0. The lowest BCUT2D eigenvalue weighted by atomic mass is 9.85. The summed E-state index contributed by atoms with van der Waals surface area (Å²) >= 11 is 0. The maximum atomic E-state index is 10.6. The molecule has 0 spiro atoms. The molecule has 0 bridgehead atoms. The van der Waals surface area contributed by atoms with Crippen molar-refractivity contribution in [1.29, 1.82) is 0 Å². The Morgan fingerprint density at radius 3 is 2.18 bits per heavy atom. The van der Waals surface area contributed by atoms with E-state index in [2.05, 4.69) is 17.1 Å². The number of carboxylic acids is 1. The fourth-order valence-corrected chi connectivity index (χ4v) is 4.97. The van der Waals surface area contributed by atoms with E-state index in [9.17, 15) is 20.1 Å². The van der Waals surface area contributed by atoms with Gasteiger partial charge in [-0.1, -0.05) is 61.7 Å². The Morgan fingerprint density at radius 1 is 0.882 bits per heavy atom. The number of aliphatic hydroxyl groups is 3. The molecule has 1 unspecified atom stereocenters. The second kappa shape index (κ2) is 13.4.